The molecule has 3 aromatic rings. The van der Waals surface area contributed by atoms with Crippen LogP contribution < -0.4 is 16.6 Å². The summed E-state index contributed by atoms with van der Waals surface area (Å²) in [4.78, 5) is 40.5. The number of aromatic nitrogens is 6. The average Bonchev–Trinajstić information content (AvgIpc) is 3.37. The van der Waals surface area contributed by atoms with Gasteiger partial charge in [0.15, 0.2) is 5.82 Å². The van der Waals surface area contributed by atoms with Crippen LogP contribution in [0.4, 0.5) is 4.79 Å². The first kappa shape index (κ1) is 24.6. The Bertz CT molecular complexity index is 1310. The second-order valence-electron chi connectivity index (χ2n) is 9.35. The van der Waals surface area contributed by atoms with Crippen LogP contribution in [0.1, 0.15) is 65.2 Å². The predicted octanol–water partition coefficient (Wildman–Crippen LogP) is 3.05. The molecular formula is C21H28BrN7O4S. The lowest BCUT2D eigenvalue weighted by Crippen LogP contribution is -2.45. The Morgan fingerprint density at radius 3 is 2.59 bits per heavy atom. The highest BCUT2D eigenvalue weighted by atomic mass is 79.9. The molecule has 11 nitrogen and oxygen atoms in total. The van der Waals surface area contributed by atoms with Gasteiger partial charge in [-0.15, -0.1) is 21.5 Å². The molecule has 0 saturated heterocycles. The van der Waals surface area contributed by atoms with Gasteiger partial charge in [0.2, 0.25) is 0 Å². The first-order chi connectivity index (χ1) is 16.1. The molecule has 13 heteroatoms. The minimum absolute atomic E-state index is 0.0584. The minimum atomic E-state index is -0.568. The summed E-state index contributed by atoms with van der Waals surface area (Å²) >= 11 is 4.78. The van der Waals surface area contributed by atoms with Crippen molar-refractivity contribution < 1.29 is 9.53 Å². The third kappa shape index (κ3) is 5.09. The summed E-state index contributed by atoms with van der Waals surface area (Å²) in [5.74, 6) is 0.402. The van der Waals surface area contributed by atoms with Crippen LogP contribution in [-0.2, 0) is 17.8 Å². The number of fused-ring (bicyclic) bond motifs is 1. The molecule has 0 aliphatic heterocycles. The number of thiophene rings is 1. The Labute approximate surface area is 208 Å². The first-order valence-corrected chi connectivity index (χ1v) is 12.9. The molecule has 1 amide bonds. The fraction of sp³-hybridized carbons (Fsp3) is 0.619. The number of tetrazole rings is 1. The summed E-state index contributed by atoms with van der Waals surface area (Å²) in [6.45, 7) is 8.04. The smallest absolute Gasteiger partial charge is 0.407 e. The fourth-order valence-electron chi connectivity index (χ4n) is 4.19. The molecule has 1 saturated carbocycles. The molecular weight excluding hydrogens is 526 g/mol. The third-order valence-corrected chi connectivity index (χ3v) is 7.57. The van der Waals surface area contributed by atoms with E-state index in [2.05, 4.69) is 36.7 Å². The van der Waals surface area contributed by atoms with Gasteiger partial charge in [-0.2, -0.15) is 4.80 Å². The first-order valence-electron chi connectivity index (χ1n) is 11.3. The van der Waals surface area contributed by atoms with Crippen molar-refractivity contribution in [2.45, 2.75) is 84.2 Å². The lowest BCUT2D eigenvalue weighted by atomic mass is 9.91. The second-order valence-corrected chi connectivity index (χ2v) is 11.1. The maximum atomic E-state index is 13.6. The van der Waals surface area contributed by atoms with Crippen LogP contribution in [0.15, 0.2) is 19.4 Å². The van der Waals surface area contributed by atoms with E-state index in [1.807, 2.05) is 33.1 Å². The molecule has 0 atom stereocenters. The monoisotopic (exact) mass is 553 g/mol. The number of carbonyl (C=O) groups excluding carboxylic acids is 1. The second kappa shape index (κ2) is 9.61. The van der Waals surface area contributed by atoms with E-state index >= 15 is 0 Å². The zero-order valence-electron chi connectivity index (χ0n) is 19.6. The van der Waals surface area contributed by atoms with Gasteiger partial charge in [0.1, 0.15) is 10.3 Å². The lowest BCUT2D eigenvalue weighted by Gasteiger charge is -2.31. The summed E-state index contributed by atoms with van der Waals surface area (Å²) in [7, 11) is 0. The van der Waals surface area contributed by atoms with Gasteiger partial charge in [0.05, 0.1) is 23.1 Å². The summed E-state index contributed by atoms with van der Waals surface area (Å²) in [5, 5.41) is 17.0. The quantitative estimate of drug-likeness (QED) is 0.514. The number of aryl methyl sites for hydroxylation is 1. The van der Waals surface area contributed by atoms with E-state index in [4.69, 9.17) is 4.74 Å². The molecule has 1 N–H and O–H groups in total. The molecule has 1 fully saturated rings. The third-order valence-electron chi connectivity index (χ3n) is 5.70. The number of amides is 1. The van der Waals surface area contributed by atoms with Crippen LogP contribution in [0.25, 0.3) is 10.2 Å². The number of nitrogens with zero attached hydrogens (tertiary/aromatic N) is 6. The van der Waals surface area contributed by atoms with Crippen LogP contribution in [0.3, 0.4) is 0 Å². The standard InChI is InChI=1S/C21H28BrN7O4S/c1-5-28-25-15(24-26-28)10-27-16-14(22)11-34-17(16)18(30)29(20(27)32)13-8-6-12(7-9-13)23-19(31)33-21(2,3)4/h11-13H,5-10H2,1-4H3,(H,23,31). The van der Waals surface area contributed by atoms with Crippen molar-refractivity contribution in [3.05, 3.63) is 36.5 Å². The average molecular weight is 554 g/mol. The molecule has 1 aliphatic carbocycles. The highest BCUT2D eigenvalue weighted by molar-refractivity contribution is 9.10. The van der Waals surface area contributed by atoms with Gasteiger partial charge in [0.25, 0.3) is 5.56 Å². The Kier molecular flexibility index (Phi) is 6.94. The number of carbonyl (C=O) groups is 1. The van der Waals surface area contributed by atoms with Crippen molar-refractivity contribution in [1.82, 2.24) is 34.7 Å². The Balaban J connectivity index is 1.60. The van der Waals surface area contributed by atoms with Crippen molar-refractivity contribution >= 4 is 43.6 Å². The molecule has 34 heavy (non-hydrogen) atoms. The zero-order chi connectivity index (χ0) is 24.6. The van der Waals surface area contributed by atoms with E-state index in [9.17, 15) is 14.4 Å². The molecule has 3 aromatic heterocycles. The summed E-state index contributed by atoms with van der Waals surface area (Å²) in [6, 6.07) is -0.315. The van der Waals surface area contributed by atoms with E-state index in [1.165, 1.54) is 20.7 Å². The summed E-state index contributed by atoms with van der Waals surface area (Å²) in [6.07, 6.45) is 2.03. The molecule has 3 heterocycles. The Morgan fingerprint density at radius 1 is 1.26 bits per heavy atom. The summed E-state index contributed by atoms with van der Waals surface area (Å²) in [5.41, 5.74) is -0.709. The van der Waals surface area contributed by atoms with Crippen molar-refractivity contribution in [3.8, 4) is 0 Å². The van der Waals surface area contributed by atoms with Crippen molar-refractivity contribution in [2.24, 2.45) is 0 Å². The van der Waals surface area contributed by atoms with Crippen molar-refractivity contribution in [2.75, 3.05) is 0 Å². The van der Waals surface area contributed by atoms with Crippen LogP contribution in [0, 0.1) is 0 Å². The SMILES string of the molecule is CCn1nnc(Cn2c(=O)n(C3CCC(NC(=O)OC(C)(C)C)CC3)c(=O)c3scc(Br)c32)n1. The molecule has 0 unspecified atom stereocenters. The zero-order valence-corrected chi connectivity index (χ0v) is 22.0. The van der Waals surface area contributed by atoms with E-state index < -0.39 is 17.4 Å². The minimum Gasteiger partial charge on any atom is -0.444 e. The van der Waals surface area contributed by atoms with E-state index in [-0.39, 0.29) is 24.2 Å². The largest absolute Gasteiger partial charge is 0.444 e. The number of halogens is 1. The molecule has 1 aliphatic rings. The Hall–Kier alpha value is -2.54. The van der Waals surface area contributed by atoms with Gasteiger partial charge in [0, 0.05) is 17.5 Å². The molecule has 4 rings (SSSR count). The normalized spacial score (nSPS) is 18.9. The van der Waals surface area contributed by atoms with Crippen molar-refractivity contribution in [1.29, 1.82) is 0 Å². The van der Waals surface area contributed by atoms with Crippen LogP contribution in [0.5, 0.6) is 0 Å². The molecule has 0 aromatic carbocycles. The van der Waals surface area contributed by atoms with Gasteiger partial charge < -0.3 is 10.1 Å². The molecule has 0 spiro atoms. The number of hydrogen-bond donors (Lipinski definition) is 1. The van der Waals surface area contributed by atoms with Crippen LogP contribution in [0.2, 0.25) is 0 Å². The lowest BCUT2D eigenvalue weighted by molar-refractivity contribution is 0.0487. The number of alkyl carbamates (subject to hydrolysis) is 1. The summed E-state index contributed by atoms with van der Waals surface area (Å²) < 4.78 is 9.43. The van der Waals surface area contributed by atoms with Gasteiger partial charge in [-0.05, 0) is 74.5 Å². The van der Waals surface area contributed by atoms with Crippen LogP contribution in [-0.4, -0.2) is 47.1 Å². The fourth-order valence-corrected chi connectivity index (χ4v) is 5.88. The van der Waals surface area contributed by atoms with E-state index in [1.54, 1.807) is 4.57 Å². The van der Waals surface area contributed by atoms with Crippen LogP contribution >= 0.6 is 27.3 Å². The molecule has 0 radical (unpaired) electrons. The van der Waals surface area contributed by atoms with E-state index in [0.29, 0.717) is 52.7 Å². The Morgan fingerprint density at radius 2 is 1.97 bits per heavy atom. The van der Waals surface area contributed by atoms with Gasteiger partial charge in [-0.3, -0.25) is 13.9 Å². The maximum absolute atomic E-state index is 13.6. The topological polar surface area (TPSA) is 126 Å². The number of ether oxygens (including phenoxy) is 1. The highest BCUT2D eigenvalue weighted by Gasteiger charge is 2.29. The maximum Gasteiger partial charge on any atom is 0.407 e. The predicted molar refractivity (Wildman–Crippen MR) is 131 cm³/mol. The van der Waals surface area contributed by atoms with Gasteiger partial charge >= 0.3 is 11.8 Å². The number of rotatable bonds is 5. The van der Waals surface area contributed by atoms with Gasteiger partial charge in [-0.25, -0.2) is 9.59 Å². The molecule has 0 bridgehead atoms. The number of hydrogen-bond acceptors (Lipinski definition) is 8. The van der Waals surface area contributed by atoms with Gasteiger partial charge in [-0.1, -0.05) is 0 Å². The molecule has 184 valence electrons. The highest BCUT2D eigenvalue weighted by Crippen LogP contribution is 2.30. The van der Waals surface area contributed by atoms with E-state index in [0.717, 1.165) is 0 Å². The number of nitrogens with one attached hydrogen (secondary N) is 1. The van der Waals surface area contributed by atoms with Crippen molar-refractivity contribution in [3.63, 3.8) is 0 Å².